The van der Waals surface area contributed by atoms with Crippen molar-refractivity contribution in [2.75, 3.05) is 25.7 Å². The molecular formula is C26H25FN2O6S. The Bertz CT molecular complexity index is 1360. The van der Waals surface area contributed by atoms with Crippen molar-refractivity contribution >= 4 is 27.5 Å². The Morgan fingerprint density at radius 3 is 2.25 bits per heavy atom. The lowest BCUT2D eigenvalue weighted by molar-refractivity contribution is -0.122. The predicted molar refractivity (Wildman–Crippen MR) is 131 cm³/mol. The van der Waals surface area contributed by atoms with Gasteiger partial charge in [-0.2, -0.15) is 4.31 Å². The van der Waals surface area contributed by atoms with Gasteiger partial charge in [-0.25, -0.2) is 17.7 Å². The van der Waals surface area contributed by atoms with Gasteiger partial charge < -0.3 is 9.47 Å². The number of para-hydroxylation sites is 1. The van der Waals surface area contributed by atoms with Gasteiger partial charge >= 0.3 is 0 Å². The molecule has 1 unspecified atom stereocenters. The second-order valence-electron chi connectivity index (χ2n) is 8.13. The van der Waals surface area contributed by atoms with E-state index in [-0.39, 0.29) is 24.3 Å². The zero-order valence-electron chi connectivity index (χ0n) is 19.8. The van der Waals surface area contributed by atoms with Gasteiger partial charge in [0.15, 0.2) is 11.5 Å². The fraction of sp³-hybridized carbons (Fsp3) is 0.231. The van der Waals surface area contributed by atoms with Crippen LogP contribution in [-0.4, -0.2) is 51.3 Å². The smallest absolute Gasteiger partial charge is 0.252 e. The Morgan fingerprint density at radius 2 is 1.61 bits per heavy atom. The molecule has 1 aliphatic rings. The molecule has 10 heteroatoms. The van der Waals surface area contributed by atoms with Gasteiger partial charge in [0.2, 0.25) is 15.9 Å². The molecule has 8 nitrogen and oxygen atoms in total. The molecule has 188 valence electrons. The van der Waals surface area contributed by atoms with Crippen LogP contribution >= 0.6 is 0 Å². The van der Waals surface area contributed by atoms with Crippen molar-refractivity contribution in [3.63, 3.8) is 0 Å². The number of carbonyl (C=O) groups is 2. The van der Waals surface area contributed by atoms with Crippen LogP contribution in [0, 0.1) is 5.82 Å². The lowest BCUT2D eigenvalue weighted by atomic mass is 10.1. The number of halogens is 1. The monoisotopic (exact) mass is 512 g/mol. The lowest BCUT2D eigenvalue weighted by Gasteiger charge is -2.27. The minimum absolute atomic E-state index is 0.0957. The molecule has 0 bridgehead atoms. The van der Waals surface area contributed by atoms with Gasteiger partial charge in [-0.05, 0) is 60.5 Å². The summed E-state index contributed by atoms with van der Waals surface area (Å²) in [5.41, 5.74) is 1.11. The fourth-order valence-electron chi connectivity index (χ4n) is 4.15. The Balaban J connectivity index is 1.69. The maximum absolute atomic E-state index is 13.6. The largest absolute Gasteiger partial charge is 0.493 e. The first kappa shape index (κ1) is 25.3. The molecule has 0 spiro atoms. The molecule has 3 aromatic carbocycles. The molecule has 0 N–H and O–H groups in total. The molecule has 0 aliphatic carbocycles. The van der Waals surface area contributed by atoms with E-state index in [1.54, 1.807) is 48.5 Å². The van der Waals surface area contributed by atoms with Crippen molar-refractivity contribution in [3.8, 4) is 11.5 Å². The number of imide groups is 1. The highest BCUT2D eigenvalue weighted by molar-refractivity contribution is 7.89. The van der Waals surface area contributed by atoms with Gasteiger partial charge in [-0.1, -0.05) is 24.3 Å². The number of benzene rings is 3. The second kappa shape index (κ2) is 10.5. The quantitative estimate of drug-likeness (QED) is 0.408. The fourth-order valence-corrected chi connectivity index (χ4v) is 5.73. The van der Waals surface area contributed by atoms with Crippen molar-refractivity contribution in [2.24, 2.45) is 0 Å². The summed E-state index contributed by atoms with van der Waals surface area (Å²) in [6.45, 7) is -0.0957. The summed E-state index contributed by atoms with van der Waals surface area (Å²) in [7, 11) is -1.25. The first-order chi connectivity index (χ1) is 17.3. The highest BCUT2D eigenvalue weighted by atomic mass is 32.2. The number of anilines is 1. The Morgan fingerprint density at radius 1 is 0.944 bits per heavy atom. The average Bonchev–Trinajstić information content (AvgIpc) is 3.17. The Hall–Kier alpha value is -3.76. The molecule has 0 radical (unpaired) electrons. The minimum atomic E-state index is -4.25. The molecule has 3 aromatic rings. The SMILES string of the molecule is COc1ccc(CCN(C2CC(=O)N(c3ccccc3)C2=O)S(=O)(=O)c2ccc(F)cc2)cc1OC. The normalized spacial score (nSPS) is 16.0. The summed E-state index contributed by atoms with van der Waals surface area (Å²) in [5.74, 6) is -0.726. The van der Waals surface area contributed by atoms with Crippen LogP contribution in [-0.2, 0) is 26.0 Å². The van der Waals surface area contributed by atoms with E-state index in [2.05, 4.69) is 0 Å². The number of hydrogen-bond donors (Lipinski definition) is 0. The summed E-state index contributed by atoms with van der Waals surface area (Å²) in [4.78, 5) is 27.1. The molecule has 0 saturated carbocycles. The van der Waals surface area contributed by atoms with E-state index in [0.29, 0.717) is 17.2 Å². The Labute approximate surface area is 208 Å². The summed E-state index contributed by atoms with van der Waals surface area (Å²) in [5, 5.41) is 0. The van der Waals surface area contributed by atoms with Crippen LogP contribution in [0.2, 0.25) is 0 Å². The first-order valence-electron chi connectivity index (χ1n) is 11.2. The number of amides is 2. The number of nitrogens with zero attached hydrogens (tertiary/aromatic N) is 2. The topological polar surface area (TPSA) is 93.2 Å². The number of rotatable bonds is 9. The predicted octanol–water partition coefficient (Wildman–Crippen LogP) is 3.41. The summed E-state index contributed by atoms with van der Waals surface area (Å²) in [6.07, 6.45) is -0.0792. The van der Waals surface area contributed by atoms with E-state index in [0.717, 1.165) is 39.0 Å². The van der Waals surface area contributed by atoms with Crippen molar-refractivity contribution in [1.29, 1.82) is 0 Å². The van der Waals surface area contributed by atoms with Crippen LogP contribution in [0.1, 0.15) is 12.0 Å². The number of carbonyl (C=O) groups excluding carboxylic acids is 2. The number of ether oxygens (including phenoxy) is 2. The van der Waals surface area contributed by atoms with Crippen LogP contribution in [0.4, 0.5) is 10.1 Å². The molecule has 1 aliphatic heterocycles. The van der Waals surface area contributed by atoms with E-state index < -0.39 is 33.7 Å². The lowest BCUT2D eigenvalue weighted by Crippen LogP contribution is -2.46. The average molecular weight is 513 g/mol. The van der Waals surface area contributed by atoms with Crippen molar-refractivity contribution in [1.82, 2.24) is 4.31 Å². The summed E-state index contributed by atoms with van der Waals surface area (Å²) < 4.78 is 52.4. The third-order valence-corrected chi connectivity index (χ3v) is 7.90. The number of hydrogen-bond acceptors (Lipinski definition) is 6. The van der Waals surface area contributed by atoms with E-state index in [9.17, 15) is 22.4 Å². The van der Waals surface area contributed by atoms with E-state index in [1.807, 2.05) is 0 Å². The second-order valence-corrected chi connectivity index (χ2v) is 10.0. The van der Waals surface area contributed by atoms with Gasteiger partial charge in [0, 0.05) is 6.54 Å². The standard InChI is InChI=1S/C26H25FN2O6S/c1-34-23-13-8-18(16-24(23)35-2)14-15-28(36(32,33)21-11-9-19(27)10-12-21)22-17-25(30)29(26(22)31)20-6-4-3-5-7-20/h3-13,16,22H,14-15,17H2,1-2H3. The molecule has 2 amide bonds. The molecular weight excluding hydrogens is 487 g/mol. The van der Waals surface area contributed by atoms with Crippen LogP contribution < -0.4 is 14.4 Å². The number of methoxy groups -OCH3 is 2. The molecule has 1 heterocycles. The van der Waals surface area contributed by atoms with Gasteiger partial charge in [0.25, 0.3) is 5.91 Å². The summed E-state index contributed by atoms with van der Waals surface area (Å²) >= 11 is 0. The van der Waals surface area contributed by atoms with Gasteiger partial charge in [0.1, 0.15) is 11.9 Å². The minimum Gasteiger partial charge on any atom is -0.493 e. The molecule has 0 aromatic heterocycles. The molecule has 1 saturated heterocycles. The van der Waals surface area contributed by atoms with E-state index in [4.69, 9.17) is 9.47 Å². The molecule has 36 heavy (non-hydrogen) atoms. The Kier molecular flexibility index (Phi) is 7.37. The van der Waals surface area contributed by atoms with E-state index in [1.165, 1.54) is 14.2 Å². The maximum atomic E-state index is 13.6. The maximum Gasteiger partial charge on any atom is 0.252 e. The van der Waals surface area contributed by atoms with Crippen LogP contribution in [0.3, 0.4) is 0 Å². The third-order valence-electron chi connectivity index (χ3n) is 5.97. The highest BCUT2D eigenvalue weighted by Crippen LogP contribution is 2.31. The first-order valence-corrected chi connectivity index (χ1v) is 12.6. The van der Waals surface area contributed by atoms with Crippen LogP contribution in [0.5, 0.6) is 11.5 Å². The highest BCUT2D eigenvalue weighted by Gasteiger charge is 2.46. The van der Waals surface area contributed by atoms with E-state index >= 15 is 0 Å². The molecule has 1 atom stereocenters. The third kappa shape index (κ3) is 4.95. The van der Waals surface area contributed by atoms with Gasteiger partial charge in [-0.3, -0.25) is 9.59 Å². The zero-order valence-corrected chi connectivity index (χ0v) is 20.6. The summed E-state index contributed by atoms with van der Waals surface area (Å²) in [6, 6.07) is 16.7. The number of sulfonamides is 1. The van der Waals surface area contributed by atoms with Crippen LogP contribution in [0.15, 0.2) is 77.7 Å². The van der Waals surface area contributed by atoms with Gasteiger partial charge in [-0.15, -0.1) is 0 Å². The van der Waals surface area contributed by atoms with Crippen molar-refractivity contribution in [3.05, 3.63) is 84.2 Å². The molecule has 4 rings (SSSR count). The van der Waals surface area contributed by atoms with Gasteiger partial charge in [0.05, 0.1) is 31.2 Å². The van der Waals surface area contributed by atoms with Crippen molar-refractivity contribution in [2.45, 2.75) is 23.8 Å². The molecule has 1 fully saturated rings. The van der Waals surface area contributed by atoms with Crippen molar-refractivity contribution < 1.29 is 31.9 Å². The van der Waals surface area contributed by atoms with Crippen LogP contribution in [0.25, 0.3) is 0 Å². The zero-order chi connectivity index (χ0) is 25.9.